The van der Waals surface area contributed by atoms with Crippen molar-refractivity contribution >= 4 is 99.8 Å². The molecular formula is C33H45Cl4N11O10. The topological polar surface area (TPSA) is 281 Å². The van der Waals surface area contributed by atoms with E-state index in [-0.39, 0.29) is 77.5 Å². The van der Waals surface area contributed by atoms with Gasteiger partial charge in [0.2, 0.25) is 33.0 Å². The van der Waals surface area contributed by atoms with Gasteiger partial charge in [0.25, 0.3) is 23.6 Å². The summed E-state index contributed by atoms with van der Waals surface area (Å²) in [4.78, 5) is 112. The molecule has 2 saturated heterocycles. The van der Waals surface area contributed by atoms with Crippen molar-refractivity contribution < 1.29 is 48.0 Å². The number of nitrogens with two attached hydrogens (primary N) is 1. The fraction of sp³-hybridized carbons (Fsp3) is 0.606. The Morgan fingerprint density at radius 3 is 1.24 bits per heavy atom. The number of esters is 1. The number of carbonyl (C=O) groups excluding carboxylic acids is 7. The highest BCUT2D eigenvalue weighted by molar-refractivity contribution is 6.33. The van der Waals surface area contributed by atoms with E-state index in [9.17, 15) is 33.6 Å². The van der Waals surface area contributed by atoms with Gasteiger partial charge in [-0.15, -0.1) is 10.1 Å². The molecule has 0 bridgehead atoms. The lowest BCUT2D eigenvalue weighted by Gasteiger charge is -2.12. The minimum atomic E-state index is -0.624. The Labute approximate surface area is 353 Å². The van der Waals surface area contributed by atoms with Crippen LogP contribution in [0.15, 0.2) is 0 Å². The molecule has 2 aromatic rings. The lowest BCUT2D eigenvalue weighted by molar-refractivity contribution is -0.197. The third kappa shape index (κ3) is 20.7. The van der Waals surface area contributed by atoms with Gasteiger partial charge in [-0.2, -0.15) is 29.9 Å². The van der Waals surface area contributed by atoms with E-state index >= 15 is 0 Å². The summed E-state index contributed by atoms with van der Waals surface area (Å²) < 4.78 is 4.46. The minimum Gasteiger partial charge on any atom is -0.469 e. The number of carbonyl (C=O) groups is 7. The summed E-state index contributed by atoms with van der Waals surface area (Å²) in [5.41, 5.74) is 5.26. The fourth-order valence-electron chi connectivity index (χ4n) is 4.66. The van der Waals surface area contributed by atoms with Crippen LogP contribution in [0.4, 0.5) is 11.9 Å². The largest absolute Gasteiger partial charge is 0.469 e. The number of nitrogens with zero attached hydrogens (tertiary/aromatic N) is 8. The number of hydrogen-bond donors (Lipinski definition) is 3. The standard InChI is InChI=1S/C23H30ClN7O8.C7H15NO2.C3Cl3N3/c24-21-27-22(25-13-5-1-3-7-19(36)38-30-15(32)9-10-16(30)33)29-23(28-21)26-14-6-2-4-8-20(37)39-31-17(34)11-12-18(31)35;1-10-7(9)5-3-2-4-6-8;4-1-7-2(5)9-3(6)8-1/h1-14H2,(H2,25,26,27,28,29);2-6,8H2,1H3;. The molecule has 0 atom stereocenters. The molecular weight excluding hydrogens is 852 g/mol. The molecule has 4 N–H and O–H groups in total. The van der Waals surface area contributed by atoms with Crippen molar-refractivity contribution in [3.63, 3.8) is 0 Å². The van der Waals surface area contributed by atoms with Crippen LogP contribution in [-0.2, 0) is 48.0 Å². The molecule has 2 aliphatic heterocycles. The Bertz CT molecular complexity index is 1550. The molecule has 0 radical (unpaired) electrons. The first kappa shape index (κ1) is 49.6. The van der Waals surface area contributed by atoms with Gasteiger partial charge in [0.05, 0.1) is 7.11 Å². The average Bonchev–Trinajstić information content (AvgIpc) is 3.66. The minimum absolute atomic E-state index is 0.000000000000000444. The summed E-state index contributed by atoms with van der Waals surface area (Å²) in [6.07, 6.45) is 7.65. The lowest BCUT2D eigenvalue weighted by Crippen LogP contribution is -2.31. The molecule has 4 amide bonds. The van der Waals surface area contributed by atoms with E-state index in [0.717, 1.165) is 19.3 Å². The van der Waals surface area contributed by atoms with Crippen molar-refractivity contribution in [2.75, 3.05) is 37.4 Å². The molecule has 0 aromatic carbocycles. The van der Waals surface area contributed by atoms with Gasteiger partial charge in [-0.3, -0.25) is 24.0 Å². The van der Waals surface area contributed by atoms with Crippen LogP contribution >= 0.6 is 46.4 Å². The molecule has 21 nitrogen and oxygen atoms in total. The molecule has 2 aromatic heterocycles. The van der Waals surface area contributed by atoms with E-state index < -0.39 is 35.6 Å². The zero-order valence-electron chi connectivity index (χ0n) is 31.7. The number of aromatic nitrogens is 6. The van der Waals surface area contributed by atoms with E-state index in [1.54, 1.807) is 0 Å². The van der Waals surface area contributed by atoms with Crippen molar-refractivity contribution in [2.45, 2.75) is 103 Å². The van der Waals surface area contributed by atoms with Crippen LogP contribution in [0.3, 0.4) is 0 Å². The number of amides is 4. The maximum absolute atomic E-state index is 11.8. The molecule has 0 aliphatic carbocycles. The van der Waals surface area contributed by atoms with Crippen molar-refractivity contribution in [1.29, 1.82) is 0 Å². The third-order valence-electron chi connectivity index (χ3n) is 7.55. The van der Waals surface area contributed by atoms with Crippen molar-refractivity contribution in [3.05, 3.63) is 21.1 Å². The maximum atomic E-state index is 11.8. The molecule has 58 heavy (non-hydrogen) atoms. The Balaban J connectivity index is 0.000000497. The molecule has 0 unspecified atom stereocenters. The number of halogens is 4. The highest BCUT2D eigenvalue weighted by Gasteiger charge is 2.33. The highest BCUT2D eigenvalue weighted by atomic mass is 35.5. The number of unbranched alkanes of at least 4 members (excludes halogenated alkanes) is 6. The number of anilines is 2. The second kappa shape index (κ2) is 28.0. The average molecular weight is 898 g/mol. The Morgan fingerprint density at radius 1 is 0.534 bits per heavy atom. The highest BCUT2D eigenvalue weighted by Crippen LogP contribution is 2.16. The Hall–Kier alpha value is -4.57. The number of nitrogens with one attached hydrogen (secondary N) is 2. The van der Waals surface area contributed by atoms with Crippen LogP contribution in [-0.4, -0.2) is 108 Å². The quantitative estimate of drug-likeness (QED) is 0.0899. The van der Waals surface area contributed by atoms with Gasteiger partial charge >= 0.3 is 17.9 Å². The lowest BCUT2D eigenvalue weighted by atomic mass is 10.2. The van der Waals surface area contributed by atoms with Gasteiger partial charge in [0.1, 0.15) is 0 Å². The zero-order valence-corrected chi connectivity index (χ0v) is 34.7. The second-order valence-electron chi connectivity index (χ2n) is 12.1. The molecule has 4 rings (SSSR count). The monoisotopic (exact) mass is 895 g/mol. The number of imide groups is 2. The summed E-state index contributed by atoms with van der Waals surface area (Å²) in [5.74, 6) is -2.81. The summed E-state index contributed by atoms with van der Waals surface area (Å²) in [6.45, 7) is 1.74. The van der Waals surface area contributed by atoms with E-state index in [0.29, 0.717) is 74.7 Å². The molecule has 2 aliphatic rings. The summed E-state index contributed by atoms with van der Waals surface area (Å²) in [5, 5.41) is 7.18. The SMILES string of the molecule is COC(=O)CCCCCN.Clc1nc(Cl)nc(Cl)n1.O=C(CCCCCNc1nc(Cl)nc(NCCCCCC(=O)ON2C(=O)CCC2=O)n1)ON1C(=O)CCC1=O. The van der Waals surface area contributed by atoms with Crippen LogP contribution in [0.2, 0.25) is 21.1 Å². The first-order valence-electron chi connectivity index (χ1n) is 18.2. The van der Waals surface area contributed by atoms with Gasteiger partial charge in [0, 0.05) is 58.0 Å². The first-order chi connectivity index (χ1) is 27.7. The van der Waals surface area contributed by atoms with E-state index in [4.69, 9.17) is 61.8 Å². The number of methoxy groups -OCH3 is 1. The van der Waals surface area contributed by atoms with Crippen molar-refractivity contribution in [3.8, 4) is 0 Å². The second-order valence-corrected chi connectivity index (χ2v) is 13.5. The summed E-state index contributed by atoms with van der Waals surface area (Å²) >= 11 is 21.9. The number of ether oxygens (including phenoxy) is 1. The Morgan fingerprint density at radius 2 is 0.879 bits per heavy atom. The van der Waals surface area contributed by atoms with Crippen molar-refractivity contribution in [2.24, 2.45) is 5.73 Å². The first-order valence-corrected chi connectivity index (χ1v) is 19.8. The predicted molar refractivity (Wildman–Crippen MR) is 208 cm³/mol. The van der Waals surface area contributed by atoms with Gasteiger partial charge in [-0.05, 0) is 91.5 Å². The maximum Gasteiger partial charge on any atom is 0.333 e. The zero-order chi connectivity index (χ0) is 42.9. The predicted octanol–water partition coefficient (Wildman–Crippen LogP) is 4.19. The van der Waals surface area contributed by atoms with Gasteiger partial charge in [0.15, 0.2) is 0 Å². The molecule has 0 spiro atoms. The third-order valence-corrected chi connectivity index (χ3v) is 8.23. The normalized spacial score (nSPS) is 13.3. The molecule has 2 fully saturated rings. The number of rotatable bonds is 21. The van der Waals surface area contributed by atoms with Crippen molar-refractivity contribution in [1.82, 2.24) is 40.0 Å². The number of hydrogen-bond acceptors (Lipinski definition) is 19. The van der Waals surface area contributed by atoms with Gasteiger partial charge in [-0.1, -0.05) is 19.3 Å². The van der Waals surface area contributed by atoms with Crippen LogP contribution in [0.25, 0.3) is 0 Å². The molecule has 0 saturated carbocycles. The number of hydroxylamine groups is 4. The van der Waals surface area contributed by atoms with Crippen LogP contribution in [0, 0.1) is 0 Å². The van der Waals surface area contributed by atoms with Gasteiger partial charge < -0.3 is 30.8 Å². The summed E-state index contributed by atoms with van der Waals surface area (Å²) in [7, 11) is 1.41. The summed E-state index contributed by atoms with van der Waals surface area (Å²) in [6, 6.07) is 0. The molecule has 320 valence electrons. The molecule has 25 heteroatoms. The molecule has 4 heterocycles. The fourth-order valence-corrected chi connectivity index (χ4v) is 5.43. The van der Waals surface area contributed by atoms with Gasteiger partial charge in [-0.25, -0.2) is 9.59 Å². The Kier molecular flexibility index (Phi) is 23.9. The smallest absolute Gasteiger partial charge is 0.333 e. The van der Waals surface area contributed by atoms with E-state index in [2.05, 4.69) is 45.3 Å². The van der Waals surface area contributed by atoms with Crippen LogP contribution in [0.5, 0.6) is 0 Å². The van der Waals surface area contributed by atoms with E-state index in [1.807, 2.05) is 0 Å². The van der Waals surface area contributed by atoms with Crippen LogP contribution in [0.1, 0.15) is 103 Å². The van der Waals surface area contributed by atoms with Crippen LogP contribution < -0.4 is 16.4 Å². The van der Waals surface area contributed by atoms with E-state index in [1.165, 1.54) is 7.11 Å².